The maximum Gasteiger partial charge on any atom is 0.272 e. The third-order valence-corrected chi connectivity index (χ3v) is 6.95. The number of aromatic nitrogens is 2. The molecule has 11 nitrogen and oxygen atoms in total. The molecule has 0 bridgehead atoms. The first kappa shape index (κ1) is 28.1. The van der Waals surface area contributed by atoms with E-state index in [-0.39, 0.29) is 23.2 Å². The molecule has 0 atom stereocenters. The molecule has 1 amide bonds. The minimum atomic E-state index is -4.20. The summed E-state index contributed by atoms with van der Waals surface area (Å²) in [5, 5.41) is 19.0. The number of non-ortho nitro benzene ring substituents is 1. The van der Waals surface area contributed by atoms with E-state index in [0.717, 1.165) is 12.1 Å². The van der Waals surface area contributed by atoms with Gasteiger partial charge in [-0.3, -0.25) is 14.9 Å². The molecule has 1 heterocycles. The van der Waals surface area contributed by atoms with Gasteiger partial charge in [0.05, 0.1) is 10.6 Å². The van der Waals surface area contributed by atoms with Crippen LogP contribution >= 0.6 is 11.6 Å². The van der Waals surface area contributed by atoms with Crippen LogP contribution in [-0.2, 0) is 10.0 Å². The molecule has 13 heteroatoms. The van der Waals surface area contributed by atoms with Crippen molar-refractivity contribution >= 4 is 33.2 Å². The molecule has 198 valence electrons. The van der Waals surface area contributed by atoms with Crippen LogP contribution in [0.5, 0.6) is 11.6 Å². The molecule has 2 aromatic carbocycles. The summed E-state index contributed by atoms with van der Waals surface area (Å²) < 4.78 is 35.9. The second kappa shape index (κ2) is 11.3. The summed E-state index contributed by atoms with van der Waals surface area (Å²) in [6.45, 7) is 9.18. The zero-order valence-electron chi connectivity index (χ0n) is 21.0. The number of rotatable bonds is 10. The molecule has 2 N–H and O–H groups in total. The summed E-state index contributed by atoms with van der Waals surface area (Å²) in [7, 11) is -4.20. The first-order valence-electron chi connectivity index (χ1n) is 11.4. The maximum absolute atomic E-state index is 13.1. The summed E-state index contributed by atoms with van der Waals surface area (Å²) in [6.07, 6.45) is 0. The molecule has 0 saturated heterocycles. The number of nitrogens with one attached hydrogen (secondary N) is 2. The lowest BCUT2D eigenvalue weighted by Crippen LogP contribution is -2.30. The Labute approximate surface area is 220 Å². The Bertz CT molecular complexity index is 1440. The number of nitrogens with zero attached hydrogens (tertiary/aromatic N) is 3. The van der Waals surface area contributed by atoms with Crippen molar-refractivity contribution in [1.82, 2.24) is 19.8 Å². The highest BCUT2D eigenvalue weighted by atomic mass is 35.5. The van der Waals surface area contributed by atoms with Gasteiger partial charge in [0, 0.05) is 35.3 Å². The van der Waals surface area contributed by atoms with Gasteiger partial charge in [-0.1, -0.05) is 31.5 Å². The van der Waals surface area contributed by atoms with E-state index in [1.165, 1.54) is 10.7 Å². The molecule has 0 fully saturated rings. The third kappa shape index (κ3) is 6.64. The molecule has 0 aliphatic heterocycles. The van der Waals surface area contributed by atoms with E-state index in [1.54, 1.807) is 45.0 Å². The average Bonchev–Trinajstić information content (AvgIpc) is 3.12. The molecule has 1 aromatic heterocycles. The highest BCUT2D eigenvalue weighted by molar-refractivity contribution is 7.89. The smallest absolute Gasteiger partial charge is 0.272 e. The molecule has 0 radical (unpaired) electrons. The van der Waals surface area contributed by atoms with Crippen LogP contribution in [0.3, 0.4) is 0 Å². The predicted octanol–water partition coefficient (Wildman–Crippen LogP) is 4.61. The topological polar surface area (TPSA) is 145 Å². The number of nitro groups is 1. The summed E-state index contributed by atoms with van der Waals surface area (Å²) in [5.74, 6) is -0.364. The van der Waals surface area contributed by atoms with Crippen LogP contribution in [0.2, 0.25) is 5.02 Å². The van der Waals surface area contributed by atoms with Crippen LogP contribution in [0.4, 0.5) is 5.69 Å². The normalized spacial score (nSPS) is 11.7. The van der Waals surface area contributed by atoms with Crippen molar-refractivity contribution in [3.8, 4) is 17.3 Å². The van der Waals surface area contributed by atoms with E-state index in [9.17, 15) is 23.3 Å². The molecule has 0 saturated carbocycles. The number of hydrogen-bond donors (Lipinski definition) is 2. The van der Waals surface area contributed by atoms with Gasteiger partial charge in [0.25, 0.3) is 11.6 Å². The van der Waals surface area contributed by atoms with E-state index in [0.29, 0.717) is 22.8 Å². The molecule has 3 rings (SSSR count). The number of hydrogen-bond acceptors (Lipinski definition) is 7. The summed E-state index contributed by atoms with van der Waals surface area (Å²) in [6, 6.07) is 9.41. The van der Waals surface area contributed by atoms with Crippen LogP contribution < -0.4 is 14.8 Å². The second-order valence-corrected chi connectivity index (χ2v) is 11.2. The van der Waals surface area contributed by atoms with Crippen LogP contribution in [-0.4, -0.2) is 41.6 Å². The molecule has 0 spiro atoms. The third-order valence-electron chi connectivity index (χ3n) is 5.03. The molecule has 3 aromatic rings. The first-order chi connectivity index (χ1) is 17.3. The standard InChI is InChI=1S/C24H28ClN5O6S/c1-14(2)13-26-23(31)22-16(5)24(29(27-22)18-8-6-7-17(25)11-18)36-20-10-9-19(30(32)33)12-21(20)37(34,35)28-15(3)4/h6-12,14-15,28H,13H2,1-5H3,(H,26,31). The summed E-state index contributed by atoms with van der Waals surface area (Å²) >= 11 is 6.17. The fourth-order valence-corrected chi connectivity index (χ4v) is 4.94. The SMILES string of the molecule is Cc1c(C(=O)NCC(C)C)nn(-c2cccc(Cl)c2)c1Oc1ccc([N+](=O)[O-])cc1S(=O)(=O)NC(C)C. The van der Waals surface area contributed by atoms with Crippen LogP contribution in [0.25, 0.3) is 5.69 Å². The van der Waals surface area contributed by atoms with Gasteiger partial charge in [-0.15, -0.1) is 0 Å². The molecule has 0 aliphatic carbocycles. The van der Waals surface area contributed by atoms with Crippen molar-refractivity contribution in [2.75, 3.05) is 6.54 Å². The van der Waals surface area contributed by atoms with Gasteiger partial charge < -0.3 is 10.1 Å². The monoisotopic (exact) mass is 549 g/mol. The highest BCUT2D eigenvalue weighted by Gasteiger charge is 2.28. The lowest BCUT2D eigenvalue weighted by Gasteiger charge is -2.15. The summed E-state index contributed by atoms with van der Waals surface area (Å²) in [5.41, 5.74) is 0.437. The molecular formula is C24H28ClN5O6S. The van der Waals surface area contributed by atoms with E-state index in [1.807, 2.05) is 13.8 Å². The Kier molecular flexibility index (Phi) is 8.57. The number of halogens is 1. The van der Waals surface area contributed by atoms with Crippen molar-refractivity contribution in [2.45, 2.75) is 45.6 Å². The van der Waals surface area contributed by atoms with Gasteiger partial charge >= 0.3 is 0 Å². The number of sulfonamides is 1. The quantitative estimate of drug-likeness (QED) is 0.277. The van der Waals surface area contributed by atoms with Gasteiger partial charge in [0.1, 0.15) is 10.6 Å². The van der Waals surface area contributed by atoms with E-state index >= 15 is 0 Å². The van der Waals surface area contributed by atoms with E-state index < -0.39 is 37.5 Å². The number of benzene rings is 2. The lowest BCUT2D eigenvalue weighted by molar-refractivity contribution is -0.385. The molecular weight excluding hydrogens is 522 g/mol. The van der Waals surface area contributed by atoms with Gasteiger partial charge in [-0.05, 0) is 51.0 Å². The zero-order valence-corrected chi connectivity index (χ0v) is 22.6. The van der Waals surface area contributed by atoms with E-state index in [4.69, 9.17) is 16.3 Å². The van der Waals surface area contributed by atoms with Crippen molar-refractivity contribution in [3.63, 3.8) is 0 Å². The fourth-order valence-electron chi connectivity index (χ4n) is 3.36. The molecule has 0 aliphatic rings. The number of amides is 1. The Balaban J connectivity index is 2.19. The molecule has 0 unspecified atom stereocenters. The van der Waals surface area contributed by atoms with Crippen molar-refractivity contribution < 1.29 is 22.9 Å². The van der Waals surface area contributed by atoms with Gasteiger partial charge in [0.2, 0.25) is 15.9 Å². The molecule has 37 heavy (non-hydrogen) atoms. The Morgan fingerprint density at radius 2 is 1.89 bits per heavy atom. The zero-order chi connectivity index (χ0) is 27.5. The highest BCUT2D eigenvalue weighted by Crippen LogP contribution is 2.36. The number of carbonyl (C=O) groups excluding carboxylic acids is 1. The Morgan fingerprint density at radius 1 is 1.19 bits per heavy atom. The van der Waals surface area contributed by atoms with Crippen molar-refractivity contribution in [1.29, 1.82) is 0 Å². The predicted molar refractivity (Wildman–Crippen MR) is 139 cm³/mol. The number of carbonyl (C=O) groups is 1. The lowest BCUT2D eigenvalue weighted by atomic mass is 10.2. The Morgan fingerprint density at radius 3 is 2.49 bits per heavy atom. The maximum atomic E-state index is 13.1. The van der Waals surface area contributed by atoms with Gasteiger partial charge in [-0.25, -0.2) is 13.1 Å². The van der Waals surface area contributed by atoms with Gasteiger partial charge in [-0.2, -0.15) is 9.78 Å². The summed E-state index contributed by atoms with van der Waals surface area (Å²) in [4.78, 5) is 23.1. The minimum absolute atomic E-state index is 0.0480. The number of ether oxygens (including phenoxy) is 1. The van der Waals surface area contributed by atoms with Crippen LogP contribution in [0, 0.1) is 23.0 Å². The average molecular weight is 550 g/mol. The van der Waals surface area contributed by atoms with Crippen molar-refractivity contribution in [2.24, 2.45) is 5.92 Å². The van der Waals surface area contributed by atoms with Crippen LogP contribution in [0.15, 0.2) is 47.4 Å². The van der Waals surface area contributed by atoms with Crippen molar-refractivity contribution in [3.05, 3.63) is 68.9 Å². The minimum Gasteiger partial charge on any atom is -0.437 e. The Hall–Kier alpha value is -3.48. The second-order valence-electron chi connectivity index (χ2n) is 9.04. The fraction of sp³-hybridized carbons (Fsp3) is 0.333. The largest absolute Gasteiger partial charge is 0.437 e. The number of nitro benzene ring substituents is 1. The van der Waals surface area contributed by atoms with Gasteiger partial charge in [0.15, 0.2) is 5.69 Å². The van der Waals surface area contributed by atoms with Crippen LogP contribution in [0.1, 0.15) is 43.7 Å². The van der Waals surface area contributed by atoms with E-state index in [2.05, 4.69) is 15.1 Å². The first-order valence-corrected chi connectivity index (χ1v) is 13.3.